The van der Waals surface area contributed by atoms with E-state index in [1.54, 1.807) is 18.6 Å². The molecule has 0 aromatic carbocycles. The largest absolute Gasteiger partial charge is 0.350 e. The number of aromatic nitrogens is 2. The van der Waals surface area contributed by atoms with Crippen LogP contribution in [0.4, 0.5) is 0 Å². The second-order valence-corrected chi connectivity index (χ2v) is 5.67. The molecule has 0 fully saturated rings. The summed E-state index contributed by atoms with van der Waals surface area (Å²) in [5.41, 5.74) is -0.0155. The van der Waals surface area contributed by atoms with E-state index in [0.29, 0.717) is 13.1 Å². The van der Waals surface area contributed by atoms with Gasteiger partial charge in [0.05, 0.1) is 18.9 Å². The maximum Gasteiger partial charge on any atom is 0.234 e. The Morgan fingerprint density at radius 3 is 2.79 bits per heavy atom. The van der Waals surface area contributed by atoms with E-state index in [9.17, 15) is 4.79 Å². The van der Waals surface area contributed by atoms with Crippen LogP contribution in [0.5, 0.6) is 0 Å². The minimum atomic E-state index is -0.0155. The third-order valence-corrected chi connectivity index (χ3v) is 2.91. The highest BCUT2D eigenvalue weighted by atomic mass is 16.2. The molecule has 0 radical (unpaired) electrons. The fourth-order valence-electron chi connectivity index (χ4n) is 1.67. The van der Waals surface area contributed by atoms with E-state index in [2.05, 4.69) is 43.0 Å². The molecule has 5 heteroatoms. The summed E-state index contributed by atoms with van der Waals surface area (Å²) in [6.45, 7) is 11.6. The lowest BCUT2D eigenvalue weighted by Crippen LogP contribution is -2.48. The van der Waals surface area contributed by atoms with E-state index in [4.69, 9.17) is 0 Å². The van der Waals surface area contributed by atoms with Crippen molar-refractivity contribution in [1.82, 2.24) is 20.2 Å². The van der Waals surface area contributed by atoms with Gasteiger partial charge in [-0.25, -0.2) is 4.98 Å². The van der Waals surface area contributed by atoms with Crippen LogP contribution < -0.4 is 10.6 Å². The maximum absolute atomic E-state index is 11.9. The molecule has 2 N–H and O–H groups in total. The average Bonchev–Trinajstić information content (AvgIpc) is 2.80. The summed E-state index contributed by atoms with van der Waals surface area (Å²) in [6.07, 6.45) is 7.15. The van der Waals surface area contributed by atoms with E-state index in [-0.39, 0.29) is 17.4 Å². The molecule has 5 nitrogen and oxygen atoms in total. The lowest BCUT2D eigenvalue weighted by molar-refractivity contribution is -0.121. The second kappa shape index (κ2) is 7.09. The van der Waals surface area contributed by atoms with Crippen molar-refractivity contribution in [3.05, 3.63) is 31.4 Å². The first kappa shape index (κ1) is 15.4. The number of hydrogen-bond donors (Lipinski definition) is 2. The molecule has 1 aromatic rings. The summed E-state index contributed by atoms with van der Waals surface area (Å²) >= 11 is 0. The number of amides is 1. The van der Waals surface area contributed by atoms with Gasteiger partial charge in [0.15, 0.2) is 0 Å². The molecule has 0 saturated carbocycles. The van der Waals surface area contributed by atoms with Crippen LogP contribution >= 0.6 is 0 Å². The Hall–Kier alpha value is -1.62. The number of rotatable bonds is 7. The third-order valence-electron chi connectivity index (χ3n) is 2.91. The average molecular weight is 264 g/mol. The van der Waals surface area contributed by atoms with Crippen molar-refractivity contribution in [3.63, 3.8) is 0 Å². The zero-order chi connectivity index (χ0) is 14.3. The van der Waals surface area contributed by atoms with Gasteiger partial charge in [0.1, 0.15) is 0 Å². The van der Waals surface area contributed by atoms with Crippen molar-refractivity contribution < 1.29 is 4.79 Å². The van der Waals surface area contributed by atoms with Crippen LogP contribution in [0.2, 0.25) is 0 Å². The van der Waals surface area contributed by atoms with E-state index in [1.807, 2.05) is 10.8 Å². The first-order chi connectivity index (χ1) is 8.93. The molecule has 0 bridgehead atoms. The first-order valence-electron chi connectivity index (χ1n) is 6.50. The van der Waals surface area contributed by atoms with Gasteiger partial charge in [0.2, 0.25) is 5.91 Å². The lowest BCUT2D eigenvalue weighted by atomic mass is 9.86. The van der Waals surface area contributed by atoms with Crippen molar-refractivity contribution in [1.29, 1.82) is 0 Å². The van der Waals surface area contributed by atoms with Gasteiger partial charge in [-0.3, -0.25) is 4.79 Å². The minimum Gasteiger partial charge on any atom is -0.350 e. The van der Waals surface area contributed by atoms with E-state index in [0.717, 1.165) is 6.54 Å². The monoisotopic (exact) mass is 264 g/mol. The van der Waals surface area contributed by atoms with Crippen LogP contribution in [0.15, 0.2) is 31.4 Å². The number of nitrogens with one attached hydrogen (secondary N) is 2. The van der Waals surface area contributed by atoms with Gasteiger partial charge < -0.3 is 15.2 Å². The number of nitrogens with zero attached hydrogens (tertiary/aromatic N) is 2. The van der Waals surface area contributed by atoms with Crippen LogP contribution in [-0.2, 0) is 11.3 Å². The number of carbonyl (C=O) groups is 1. The Kier molecular flexibility index (Phi) is 5.76. The molecular weight excluding hydrogens is 240 g/mol. The van der Waals surface area contributed by atoms with Crippen LogP contribution in [0.3, 0.4) is 0 Å². The summed E-state index contributed by atoms with van der Waals surface area (Å²) in [5.74, 6) is 0.00175. The molecule has 1 unspecified atom stereocenters. The summed E-state index contributed by atoms with van der Waals surface area (Å²) in [7, 11) is 0. The predicted molar refractivity (Wildman–Crippen MR) is 76.7 cm³/mol. The predicted octanol–water partition coefficient (Wildman–Crippen LogP) is 1.19. The molecule has 1 rings (SSSR count). The molecule has 1 amide bonds. The highest BCUT2D eigenvalue weighted by molar-refractivity contribution is 5.78. The summed E-state index contributed by atoms with van der Waals surface area (Å²) in [4.78, 5) is 15.9. The van der Waals surface area contributed by atoms with Crippen LogP contribution in [-0.4, -0.2) is 34.6 Å². The molecule has 0 spiro atoms. The van der Waals surface area contributed by atoms with Crippen molar-refractivity contribution in [3.8, 4) is 0 Å². The van der Waals surface area contributed by atoms with Crippen molar-refractivity contribution in [2.45, 2.75) is 33.4 Å². The number of imidazole rings is 1. The fraction of sp³-hybridized carbons (Fsp3) is 0.571. The third kappa shape index (κ3) is 5.70. The summed E-state index contributed by atoms with van der Waals surface area (Å²) in [6, 6.07) is 0.0553. The molecule has 0 aliphatic carbocycles. The summed E-state index contributed by atoms with van der Waals surface area (Å²) < 4.78 is 1.98. The first-order valence-corrected chi connectivity index (χ1v) is 6.50. The van der Waals surface area contributed by atoms with E-state index >= 15 is 0 Å². The Balaban J connectivity index is 2.55. The highest BCUT2D eigenvalue weighted by Crippen LogP contribution is 2.20. The quantitative estimate of drug-likeness (QED) is 0.574. The second-order valence-electron chi connectivity index (χ2n) is 5.67. The lowest BCUT2D eigenvalue weighted by Gasteiger charge is -2.31. The molecule has 106 valence electrons. The SMILES string of the molecule is C=CCNCC(=O)NC(Cn1ccnc1)C(C)(C)C. The normalized spacial score (nSPS) is 13.0. The molecule has 1 heterocycles. The smallest absolute Gasteiger partial charge is 0.234 e. The van der Waals surface area contributed by atoms with Gasteiger partial charge in [0, 0.05) is 25.5 Å². The summed E-state index contributed by atoms with van der Waals surface area (Å²) in [5, 5.41) is 6.07. The molecule has 0 saturated heterocycles. The Morgan fingerprint density at radius 1 is 1.53 bits per heavy atom. The number of carbonyl (C=O) groups excluding carboxylic acids is 1. The van der Waals surface area contributed by atoms with Crippen molar-refractivity contribution >= 4 is 5.91 Å². The minimum absolute atomic E-state index is 0.00175. The molecule has 1 atom stereocenters. The zero-order valence-corrected chi connectivity index (χ0v) is 12.0. The Labute approximate surface area is 115 Å². The van der Waals surface area contributed by atoms with Crippen LogP contribution in [0, 0.1) is 5.41 Å². The van der Waals surface area contributed by atoms with Gasteiger partial charge in [-0.15, -0.1) is 6.58 Å². The van der Waals surface area contributed by atoms with Crippen molar-refractivity contribution in [2.24, 2.45) is 5.41 Å². The zero-order valence-electron chi connectivity index (χ0n) is 12.0. The van der Waals surface area contributed by atoms with Crippen LogP contribution in [0.1, 0.15) is 20.8 Å². The van der Waals surface area contributed by atoms with Gasteiger partial charge in [0.25, 0.3) is 0 Å². The molecule has 1 aromatic heterocycles. The fourth-order valence-corrected chi connectivity index (χ4v) is 1.67. The molecule has 19 heavy (non-hydrogen) atoms. The Morgan fingerprint density at radius 2 is 2.26 bits per heavy atom. The standard InChI is InChI=1S/C14H24N4O/c1-5-6-15-9-13(19)17-12(14(2,3)4)10-18-8-7-16-11-18/h5,7-8,11-12,15H,1,6,9-10H2,2-4H3,(H,17,19). The van der Waals surface area contributed by atoms with E-state index < -0.39 is 0 Å². The van der Waals surface area contributed by atoms with E-state index in [1.165, 1.54) is 0 Å². The van der Waals surface area contributed by atoms with Gasteiger partial charge in [-0.2, -0.15) is 0 Å². The molecule has 0 aliphatic rings. The topological polar surface area (TPSA) is 59.0 Å². The van der Waals surface area contributed by atoms with Crippen molar-refractivity contribution in [2.75, 3.05) is 13.1 Å². The molecule has 0 aliphatic heterocycles. The highest BCUT2D eigenvalue weighted by Gasteiger charge is 2.26. The van der Waals surface area contributed by atoms with Gasteiger partial charge >= 0.3 is 0 Å². The van der Waals surface area contributed by atoms with Gasteiger partial charge in [-0.05, 0) is 5.41 Å². The maximum atomic E-state index is 11.9. The number of hydrogen-bond acceptors (Lipinski definition) is 3. The van der Waals surface area contributed by atoms with Gasteiger partial charge in [-0.1, -0.05) is 26.8 Å². The molecular formula is C14H24N4O. The Bertz CT molecular complexity index is 392. The van der Waals surface area contributed by atoms with Crippen LogP contribution in [0.25, 0.3) is 0 Å².